The molecule has 24 heavy (non-hydrogen) atoms. The molecule has 2 aliphatic rings. The molecule has 9 nitrogen and oxygen atoms in total. The molecule has 0 radical (unpaired) electrons. The summed E-state index contributed by atoms with van der Waals surface area (Å²) in [4.78, 5) is 25.5. The average Bonchev–Trinajstić information content (AvgIpc) is 3.33. The summed E-state index contributed by atoms with van der Waals surface area (Å²) in [5, 5.41) is 24.5. The Morgan fingerprint density at radius 2 is 2.17 bits per heavy atom. The average molecular weight is 336 g/mol. The fourth-order valence-electron chi connectivity index (χ4n) is 3.96. The van der Waals surface area contributed by atoms with Crippen molar-refractivity contribution in [1.82, 2.24) is 30.6 Å². The molecule has 9 heteroatoms. The van der Waals surface area contributed by atoms with Gasteiger partial charge in [0.15, 0.2) is 5.82 Å². The molecule has 2 N–H and O–H groups in total. The van der Waals surface area contributed by atoms with Gasteiger partial charge in [-0.15, -0.1) is 10.2 Å². The number of amides is 2. The fraction of sp³-hybridized carbons (Fsp3) is 0.800. The van der Waals surface area contributed by atoms with E-state index < -0.39 is 6.04 Å². The predicted octanol–water partition coefficient (Wildman–Crippen LogP) is 1.05. The lowest BCUT2D eigenvalue weighted by Gasteiger charge is -2.28. The van der Waals surface area contributed by atoms with Crippen LogP contribution in [-0.2, 0) is 9.59 Å². The summed E-state index contributed by atoms with van der Waals surface area (Å²) < 4.78 is 0. The summed E-state index contributed by atoms with van der Waals surface area (Å²) in [7, 11) is 0. The van der Waals surface area contributed by atoms with E-state index in [9.17, 15) is 14.8 Å². The SMILES string of the molecule is O=CN(O)[C@@H](CC(=O)N1CCC[C@H]1c1nn[nH]n1)CC1CCCC1. The Morgan fingerprint density at radius 1 is 1.38 bits per heavy atom. The lowest BCUT2D eigenvalue weighted by molar-refractivity contribution is -0.165. The monoisotopic (exact) mass is 336 g/mol. The van der Waals surface area contributed by atoms with Gasteiger partial charge in [0.25, 0.3) is 0 Å². The number of carbonyl (C=O) groups excluding carboxylic acids is 2. The molecule has 0 unspecified atom stereocenters. The first-order valence-electron chi connectivity index (χ1n) is 8.64. The Labute approximate surface area is 140 Å². The Morgan fingerprint density at radius 3 is 2.83 bits per heavy atom. The second kappa shape index (κ2) is 7.69. The number of aromatic amines is 1. The van der Waals surface area contributed by atoms with Gasteiger partial charge in [-0.1, -0.05) is 30.9 Å². The third-order valence-electron chi connectivity index (χ3n) is 5.21. The normalized spacial score (nSPS) is 22.7. The van der Waals surface area contributed by atoms with Gasteiger partial charge in [-0.3, -0.25) is 14.8 Å². The first kappa shape index (κ1) is 16.8. The van der Waals surface area contributed by atoms with E-state index in [1.165, 1.54) is 12.8 Å². The summed E-state index contributed by atoms with van der Waals surface area (Å²) in [6, 6.07) is -0.642. The van der Waals surface area contributed by atoms with Crippen molar-refractivity contribution in [3.05, 3.63) is 5.82 Å². The summed E-state index contributed by atoms with van der Waals surface area (Å²) >= 11 is 0. The number of hydrogen-bond donors (Lipinski definition) is 2. The van der Waals surface area contributed by atoms with Crippen molar-refractivity contribution in [2.24, 2.45) is 5.92 Å². The summed E-state index contributed by atoms with van der Waals surface area (Å²) in [5.41, 5.74) is 0. The maximum absolute atomic E-state index is 12.7. The molecular weight excluding hydrogens is 312 g/mol. The van der Waals surface area contributed by atoms with Crippen molar-refractivity contribution in [3.8, 4) is 0 Å². The highest BCUT2D eigenvalue weighted by Gasteiger charge is 2.35. The molecule has 3 rings (SSSR count). The van der Waals surface area contributed by atoms with Gasteiger partial charge >= 0.3 is 0 Å². The van der Waals surface area contributed by atoms with Gasteiger partial charge in [-0.2, -0.15) is 5.21 Å². The topological polar surface area (TPSA) is 115 Å². The molecule has 2 fully saturated rings. The molecule has 2 amide bonds. The third kappa shape index (κ3) is 3.72. The van der Waals surface area contributed by atoms with Crippen LogP contribution < -0.4 is 0 Å². The van der Waals surface area contributed by atoms with Crippen LogP contribution in [0.1, 0.15) is 63.2 Å². The van der Waals surface area contributed by atoms with Crippen LogP contribution in [-0.4, -0.2) is 60.7 Å². The summed E-state index contributed by atoms with van der Waals surface area (Å²) in [6.07, 6.45) is 7.45. The second-order valence-electron chi connectivity index (χ2n) is 6.74. The van der Waals surface area contributed by atoms with Crippen molar-refractivity contribution >= 4 is 12.3 Å². The van der Waals surface area contributed by atoms with E-state index in [4.69, 9.17) is 0 Å². The van der Waals surface area contributed by atoms with E-state index >= 15 is 0 Å². The van der Waals surface area contributed by atoms with Crippen molar-refractivity contribution < 1.29 is 14.8 Å². The van der Waals surface area contributed by atoms with Crippen LogP contribution >= 0.6 is 0 Å². The molecule has 1 aliphatic carbocycles. The number of nitrogens with one attached hydrogen (secondary N) is 1. The van der Waals surface area contributed by atoms with Crippen LogP contribution in [0.15, 0.2) is 0 Å². The molecule has 0 aromatic carbocycles. The Balaban J connectivity index is 1.64. The largest absolute Gasteiger partial charge is 0.332 e. The molecule has 2 atom stereocenters. The molecule has 1 saturated carbocycles. The van der Waals surface area contributed by atoms with Gasteiger partial charge in [0.05, 0.1) is 12.1 Å². The Kier molecular flexibility index (Phi) is 5.39. The van der Waals surface area contributed by atoms with Crippen molar-refractivity contribution in [2.45, 2.75) is 63.5 Å². The number of aromatic nitrogens is 4. The highest BCUT2D eigenvalue weighted by Crippen LogP contribution is 2.33. The van der Waals surface area contributed by atoms with E-state index in [1.807, 2.05) is 0 Å². The zero-order valence-corrected chi connectivity index (χ0v) is 13.7. The van der Waals surface area contributed by atoms with Crippen LogP contribution in [0.4, 0.5) is 0 Å². The zero-order valence-electron chi connectivity index (χ0n) is 13.7. The van der Waals surface area contributed by atoms with Gasteiger partial charge in [0.2, 0.25) is 12.3 Å². The fourth-order valence-corrected chi connectivity index (χ4v) is 3.96. The minimum atomic E-state index is -0.468. The number of hydroxylamine groups is 2. The number of hydrogen-bond acceptors (Lipinski definition) is 6. The first-order chi connectivity index (χ1) is 11.7. The standard InChI is InChI=1S/C15H24N6O3/c22-10-21(24)12(8-11-4-1-2-5-11)9-14(23)20-7-3-6-13(20)15-16-18-19-17-15/h10-13,24H,1-9H2,(H,16,17,18,19)/t12-,13+/m1/s1. The zero-order chi connectivity index (χ0) is 16.9. The van der Waals surface area contributed by atoms with Gasteiger partial charge < -0.3 is 4.90 Å². The number of carbonyl (C=O) groups is 2. The van der Waals surface area contributed by atoms with E-state index in [-0.39, 0.29) is 18.4 Å². The van der Waals surface area contributed by atoms with E-state index in [0.29, 0.717) is 36.2 Å². The number of H-pyrrole nitrogens is 1. The minimum absolute atomic E-state index is 0.0776. The highest BCUT2D eigenvalue weighted by molar-refractivity contribution is 5.77. The molecular formula is C15H24N6O3. The van der Waals surface area contributed by atoms with Crippen molar-refractivity contribution in [2.75, 3.05) is 6.54 Å². The predicted molar refractivity (Wildman–Crippen MR) is 82.5 cm³/mol. The Hall–Kier alpha value is -2.03. The van der Waals surface area contributed by atoms with Crippen molar-refractivity contribution in [1.29, 1.82) is 0 Å². The first-order valence-corrected chi connectivity index (χ1v) is 8.64. The van der Waals surface area contributed by atoms with Crippen LogP contribution in [0.3, 0.4) is 0 Å². The molecule has 0 bridgehead atoms. The van der Waals surface area contributed by atoms with Crippen LogP contribution in [0.25, 0.3) is 0 Å². The minimum Gasteiger partial charge on any atom is -0.332 e. The molecule has 1 saturated heterocycles. The van der Waals surface area contributed by atoms with Gasteiger partial charge in [-0.05, 0) is 25.2 Å². The van der Waals surface area contributed by atoms with Gasteiger partial charge in [-0.25, -0.2) is 5.06 Å². The highest BCUT2D eigenvalue weighted by atomic mass is 16.5. The van der Waals surface area contributed by atoms with Gasteiger partial charge in [0, 0.05) is 13.0 Å². The van der Waals surface area contributed by atoms with E-state index in [0.717, 1.165) is 25.7 Å². The maximum Gasteiger partial charge on any atom is 0.233 e. The number of nitrogens with zero attached hydrogens (tertiary/aromatic N) is 5. The number of rotatable bonds is 7. The van der Waals surface area contributed by atoms with Crippen LogP contribution in [0.5, 0.6) is 0 Å². The van der Waals surface area contributed by atoms with Crippen molar-refractivity contribution in [3.63, 3.8) is 0 Å². The smallest absolute Gasteiger partial charge is 0.233 e. The second-order valence-corrected chi connectivity index (χ2v) is 6.74. The quantitative estimate of drug-likeness (QED) is 0.437. The lowest BCUT2D eigenvalue weighted by atomic mass is 9.96. The van der Waals surface area contributed by atoms with E-state index in [2.05, 4.69) is 20.6 Å². The lowest BCUT2D eigenvalue weighted by Crippen LogP contribution is -2.40. The number of tetrazole rings is 1. The van der Waals surface area contributed by atoms with Crippen LogP contribution in [0.2, 0.25) is 0 Å². The molecule has 132 valence electrons. The summed E-state index contributed by atoms with van der Waals surface area (Å²) in [6.45, 7) is 0.640. The molecule has 1 aromatic heterocycles. The van der Waals surface area contributed by atoms with Gasteiger partial charge in [0.1, 0.15) is 0 Å². The molecule has 1 aromatic rings. The van der Waals surface area contributed by atoms with E-state index in [1.54, 1.807) is 4.90 Å². The molecule has 0 spiro atoms. The maximum atomic E-state index is 12.7. The number of likely N-dealkylation sites (tertiary alicyclic amines) is 1. The van der Waals surface area contributed by atoms with Crippen LogP contribution in [0, 0.1) is 5.92 Å². The molecule has 1 aliphatic heterocycles. The molecule has 2 heterocycles. The third-order valence-corrected chi connectivity index (χ3v) is 5.21. The Bertz CT molecular complexity index is 545. The summed E-state index contributed by atoms with van der Waals surface area (Å²) in [5.74, 6) is 0.916.